The van der Waals surface area contributed by atoms with Crippen LogP contribution in [0.25, 0.3) is 61.4 Å². The molecule has 5 aromatic carbocycles. The van der Waals surface area contributed by atoms with Gasteiger partial charge in [0.2, 0.25) is 0 Å². The van der Waals surface area contributed by atoms with Crippen LogP contribution in [0.1, 0.15) is 6.92 Å². The third-order valence-electron chi connectivity index (χ3n) is 7.79. The zero-order valence-electron chi connectivity index (χ0n) is 23.2. The molecule has 0 aliphatic rings. The van der Waals surface area contributed by atoms with E-state index in [1.165, 1.54) is 35.2 Å². The van der Waals surface area contributed by atoms with E-state index in [1.807, 2.05) is 24.3 Å². The predicted octanol–water partition coefficient (Wildman–Crippen LogP) is 9.29. The monoisotopic (exact) mass is 555 g/mol. The normalized spacial score (nSPS) is 11.4. The van der Waals surface area contributed by atoms with Crippen molar-refractivity contribution in [3.8, 4) is 45.3 Å². The standard InChI is InChI=1S/C36H27F2N3O/c1-3-40-32-7-5-4-6-30(32)31-22-25(12-21-33(31)40)36-39-34(23-8-13-26(37)14-9-23)35(24-10-15-27(38)16-11-24)41(36)28-17-19-29(42-2)20-18-28/h4-22H,3H2,1-2H3. The molecule has 0 amide bonds. The van der Waals surface area contributed by atoms with Crippen molar-refractivity contribution in [2.24, 2.45) is 0 Å². The van der Waals surface area contributed by atoms with Gasteiger partial charge in [-0.15, -0.1) is 0 Å². The largest absolute Gasteiger partial charge is 0.497 e. The van der Waals surface area contributed by atoms with E-state index in [-0.39, 0.29) is 11.6 Å². The average Bonchev–Trinajstić information content (AvgIpc) is 3.58. The zero-order chi connectivity index (χ0) is 28.8. The van der Waals surface area contributed by atoms with Crippen molar-refractivity contribution in [3.05, 3.63) is 127 Å². The average molecular weight is 556 g/mol. The SMILES string of the molecule is CCn1c2ccccc2c2cc(-c3nc(-c4ccc(F)cc4)c(-c4ccc(F)cc4)n3-c3ccc(OC)cc3)ccc21. The van der Waals surface area contributed by atoms with Crippen molar-refractivity contribution in [2.45, 2.75) is 13.5 Å². The fourth-order valence-electron chi connectivity index (χ4n) is 5.81. The molecule has 0 fully saturated rings. The minimum Gasteiger partial charge on any atom is -0.497 e. The molecule has 7 rings (SSSR count). The highest BCUT2D eigenvalue weighted by Crippen LogP contribution is 2.40. The highest BCUT2D eigenvalue weighted by molar-refractivity contribution is 6.09. The zero-order valence-corrected chi connectivity index (χ0v) is 23.2. The van der Waals surface area contributed by atoms with Gasteiger partial charge in [-0.05, 0) is 104 Å². The van der Waals surface area contributed by atoms with Gasteiger partial charge in [0.1, 0.15) is 23.2 Å². The first-order valence-corrected chi connectivity index (χ1v) is 13.9. The predicted molar refractivity (Wildman–Crippen MR) is 165 cm³/mol. The van der Waals surface area contributed by atoms with Crippen LogP contribution >= 0.6 is 0 Å². The number of hydrogen-bond acceptors (Lipinski definition) is 2. The van der Waals surface area contributed by atoms with Crippen molar-refractivity contribution in [1.29, 1.82) is 0 Å². The van der Waals surface area contributed by atoms with E-state index in [0.29, 0.717) is 11.5 Å². The van der Waals surface area contributed by atoms with Crippen molar-refractivity contribution >= 4 is 21.8 Å². The Morgan fingerprint density at radius 1 is 0.667 bits per heavy atom. The number of benzene rings is 5. The van der Waals surface area contributed by atoms with Crippen molar-refractivity contribution in [3.63, 3.8) is 0 Å². The summed E-state index contributed by atoms with van der Waals surface area (Å²) in [5.74, 6) is 0.801. The molecule has 0 saturated heterocycles. The Labute approximate surface area is 242 Å². The maximum absolute atomic E-state index is 14.1. The summed E-state index contributed by atoms with van der Waals surface area (Å²) in [6, 6.07) is 35.3. The molecule has 6 heteroatoms. The van der Waals surface area contributed by atoms with Gasteiger partial charge in [0.25, 0.3) is 0 Å². The fourth-order valence-corrected chi connectivity index (χ4v) is 5.81. The molecule has 4 nitrogen and oxygen atoms in total. The third-order valence-corrected chi connectivity index (χ3v) is 7.79. The molecule has 0 saturated carbocycles. The van der Waals surface area contributed by atoms with Crippen LogP contribution in [0.2, 0.25) is 0 Å². The lowest BCUT2D eigenvalue weighted by atomic mass is 10.0. The number of nitrogens with zero attached hydrogens (tertiary/aromatic N) is 3. The molecule has 0 spiro atoms. The lowest BCUT2D eigenvalue weighted by molar-refractivity contribution is 0.415. The number of methoxy groups -OCH3 is 1. The van der Waals surface area contributed by atoms with Gasteiger partial charge < -0.3 is 9.30 Å². The summed E-state index contributed by atoms with van der Waals surface area (Å²) < 4.78 is 37.9. The second-order valence-electron chi connectivity index (χ2n) is 10.2. The van der Waals surface area contributed by atoms with Crippen LogP contribution in [0.5, 0.6) is 5.75 Å². The van der Waals surface area contributed by atoms with E-state index >= 15 is 0 Å². The second-order valence-corrected chi connectivity index (χ2v) is 10.2. The summed E-state index contributed by atoms with van der Waals surface area (Å²) in [5.41, 5.74) is 7.12. The topological polar surface area (TPSA) is 32.0 Å². The second kappa shape index (κ2) is 10.3. The Bertz CT molecular complexity index is 2060. The number of ether oxygens (including phenoxy) is 1. The maximum atomic E-state index is 14.1. The molecule has 0 N–H and O–H groups in total. The van der Waals surface area contributed by atoms with Crippen LogP contribution in [0.3, 0.4) is 0 Å². The number of aromatic nitrogens is 3. The van der Waals surface area contributed by atoms with Crippen molar-refractivity contribution < 1.29 is 13.5 Å². The molecule has 0 aliphatic carbocycles. The van der Waals surface area contributed by atoms with Gasteiger partial charge in [0, 0.05) is 50.7 Å². The summed E-state index contributed by atoms with van der Waals surface area (Å²) in [7, 11) is 1.64. The molecule has 206 valence electrons. The Morgan fingerprint density at radius 2 is 1.29 bits per heavy atom. The van der Waals surface area contributed by atoms with Crippen molar-refractivity contribution in [2.75, 3.05) is 7.11 Å². The molecule has 2 aromatic heterocycles. The van der Waals surface area contributed by atoms with Crippen LogP contribution in [-0.2, 0) is 6.54 Å². The van der Waals surface area contributed by atoms with Gasteiger partial charge in [-0.1, -0.05) is 18.2 Å². The molecule has 7 aromatic rings. The van der Waals surface area contributed by atoms with E-state index in [9.17, 15) is 8.78 Å². The summed E-state index contributed by atoms with van der Waals surface area (Å²) in [6.07, 6.45) is 0. The fraction of sp³-hybridized carbons (Fsp3) is 0.0833. The van der Waals surface area contributed by atoms with Crippen LogP contribution in [-0.4, -0.2) is 21.2 Å². The van der Waals surface area contributed by atoms with Gasteiger partial charge in [-0.25, -0.2) is 13.8 Å². The Kier molecular flexibility index (Phi) is 6.31. The summed E-state index contributed by atoms with van der Waals surface area (Å²) in [4.78, 5) is 5.22. The summed E-state index contributed by atoms with van der Waals surface area (Å²) in [6.45, 7) is 3.01. The molecule has 0 aliphatic heterocycles. The van der Waals surface area contributed by atoms with E-state index in [2.05, 4.69) is 58.5 Å². The lowest BCUT2D eigenvalue weighted by Gasteiger charge is -2.14. The van der Waals surface area contributed by atoms with Crippen LogP contribution < -0.4 is 4.74 Å². The maximum Gasteiger partial charge on any atom is 0.145 e. The lowest BCUT2D eigenvalue weighted by Crippen LogP contribution is -2.01. The minimum absolute atomic E-state index is 0.324. The quantitative estimate of drug-likeness (QED) is 0.205. The number of aryl methyl sites for hydroxylation is 1. The van der Waals surface area contributed by atoms with E-state index in [1.54, 1.807) is 31.4 Å². The minimum atomic E-state index is -0.324. The van der Waals surface area contributed by atoms with Gasteiger partial charge in [0.05, 0.1) is 18.5 Å². The first-order chi connectivity index (χ1) is 20.6. The Balaban J connectivity index is 1.56. The van der Waals surface area contributed by atoms with Crippen molar-refractivity contribution in [1.82, 2.24) is 14.1 Å². The van der Waals surface area contributed by atoms with Gasteiger partial charge >= 0.3 is 0 Å². The van der Waals surface area contributed by atoms with Gasteiger partial charge in [-0.3, -0.25) is 4.57 Å². The Hall–Kier alpha value is -5.23. The smallest absolute Gasteiger partial charge is 0.145 e. The van der Waals surface area contributed by atoms with Gasteiger partial charge in [0.15, 0.2) is 0 Å². The first-order valence-electron chi connectivity index (χ1n) is 13.9. The summed E-state index contributed by atoms with van der Waals surface area (Å²) in [5, 5.41) is 2.32. The number of imidazole rings is 1. The number of fused-ring (bicyclic) bond motifs is 3. The first kappa shape index (κ1) is 25.7. The van der Waals surface area contributed by atoms with E-state index in [4.69, 9.17) is 9.72 Å². The van der Waals surface area contributed by atoms with Crippen LogP contribution in [0, 0.1) is 11.6 Å². The van der Waals surface area contributed by atoms with E-state index < -0.39 is 0 Å². The third kappa shape index (κ3) is 4.23. The Morgan fingerprint density at radius 3 is 1.95 bits per heavy atom. The number of rotatable bonds is 6. The molecular formula is C36H27F2N3O. The van der Waals surface area contributed by atoms with E-state index in [0.717, 1.165) is 51.3 Å². The van der Waals surface area contributed by atoms with Crippen LogP contribution in [0.15, 0.2) is 115 Å². The number of halogens is 2. The summed E-state index contributed by atoms with van der Waals surface area (Å²) >= 11 is 0. The number of para-hydroxylation sites is 1. The van der Waals surface area contributed by atoms with Crippen LogP contribution in [0.4, 0.5) is 8.78 Å². The molecule has 0 atom stereocenters. The molecule has 0 bridgehead atoms. The number of hydrogen-bond donors (Lipinski definition) is 0. The van der Waals surface area contributed by atoms with Gasteiger partial charge in [-0.2, -0.15) is 0 Å². The highest BCUT2D eigenvalue weighted by atomic mass is 19.1. The molecule has 2 heterocycles. The molecule has 0 radical (unpaired) electrons. The molecule has 42 heavy (non-hydrogen) atoms. The molecule has 0 unspecified atom stereocenters. The highest BCUT2D eigenvalue weighted by Gasteiger charge is 2.23. The molecular weight excluding hydrogens is 528 g/mol.